The van der Waals surface area contributed by atoms with Crippen LogP contribution in [0.4, 0.5) is 11.9 Å². The van der Waals surface area contributed by atoms with Gasteiger partial charge in [-0.3, -0.25) is 9.74 Å². The van der Waals surface area contributed by atoms with Gasteiger partial charge in [0.15, 0.2) is 0 Å². The lowest BCUT2D eigenvalue weighted by Gasteiger charge is -2.56. The van der Waals surface area contributed by atoms with Crippen molar-refractivity contribution in [1.29, 1.82) is 0 Å². The van der Waals surface area contributed by atoms with Crippen LogP contribution in [0.5, 0.6) is 0 Å². The molecule has 0 radical (unpaired) electrons. The summed E-state index contributed by atoms with van der Waals surface area (Å²) in [5, 5.41) is 2.27. The van der Waals surface area contributed by atoms with Gasteiger partial charge in [0.05, 0.1) is 6.61 Å². The molecule has 8 heteroatoms. The molecule has 0 saturated carbocycles. The molecule has 0 bridgehead atoms. The summed E-state index contributed by atoms with van der Waals surface area (Å²) < 4.78 is 0. The molecule has 0 atom stereocenters. The van der Waals surface area contributed by atoms with Crippen molar-refractivity contribution in [3.05, 3.63) is 5.82 Å². The second kappa shape index (κ2) is 13.0. The van der Waals surface area contributed by atoms with Gasteiger partial charge in [-0.25, -0.2) is 0 Å². The predicted molar refractivity (Wildman–Crippen MR) is 173 cm³/mol. The summed E-state index contributed by atoms with van der Waals surface area (Å²) >= 11 is 0. The van der Waals surface area contributed by atoms with E-state index in [0.29, 0.717) is 12.1 Å². The van der Waals surface area contributed by atoms with Crippen LogP contribution in [-0.2, 0) is 4.84 Å². The molecule has 2 aliphatic heterocycles. The van der Waals surface area contributed by atoms with Crippen molar-refractivity contribution >= 4 is 11.9 Å². The molecule has 3 rings (SSSR count). The molecule has 2 aliphatic rings. The number of aromatic nitrogens is 3. The molecule has 0 aromatic carbocycles. The third-order valence-electron chi connectivity index (χ3n) is 9.41. The zero-order chi connectivity index (χ0) is 30.8. The first-order valence-electron chi connectivity index (χ1n) is 16.4. The van der Waals surface area contributed by atoms with E-state index in [0.717, 1.165) is 82.4 Å². The maximum atomic E-state index is 6.33. The number of unbranched alkanes of at least 4 members (excludes halogenated alkanes) is 1. The minimum Gasteiger partial charge on any atom is -0.341 e. The largest absolute Gasteiger partial charge is 0.341 e. The van der Waals surface area contributed by atoms with Crippen LogP contribution in [0.15, 0.2) is 0 Å². The van der Waals surface area contributed by atoms with Crippen LogP contribution >= 0.6 is 0 Å². The van der Waals surface area contributed by atoms with Crippen LogP contribution in [0, 0.1) is 6.92 Å². The number of hydroxylamine groups is 2. The molecule has 8 nitrogen and oxygen atoms in total. The highest BCUT2D eigenvalue weighted by Gasteiger charge is 2.49. The first-order valence-corrected chi connectivity index (χ1v) is 16.4. The first-order chi connectivity index (χ1) is 19.0. The van der Waals surface area contributed by atoms with E-state index >= 15 is 0 Å². The Morgan fingerprint density at radius 3 is 1.78 bits per heavy atom. The fraction of sp³-hybridized carbons (Fsp3) is 0.909. The Hall–Kier alpha value is -1.51. The third-order valence-corrected chi connectivity index (χ3v) is 9.41. The van der Waals surface area contributed by atoms with Gasteiger partial charge in [-0.2, -0.15) is 20.0 Å². The molecule has 2 fully saturated rings. The van der Waals surface area contributed by atoms with Crippen molar-refractivity contribution in [2.75, 3.05) is 36.5 Å². The van der Waals surface area contributed by atoms with Gasteiger partial charge in [-0.05, 0) is 114 Å². The summed E-state index contributed by atoms with van der Waals surface area (Å²) in [6.07, 6.45) is 8.61. The Morgan fingerprint density at radius 2 is 1.27 bits per heavy atom. The van der Waals surface area contributed by atoms with Gasteiger partial charge < -0.3 is 9.80 Å². The molecule has 0 amide bonds. The van der Waals surface area contributed by atoms with Gasteiger partial charge >= 0.3 is 0 Å². The van der Waals surface area contributed by atoms with E-state index in [-0.39, 0.29) is 22.2 Å². The highest BCUT2D eigenvalue weighted by Crippen LogP contribution is 2.43. The summed E-state index contributed by atoms with van der Waals surface area (Å²) in [5.41, 5.74) is 0.0220. The number of anilines is 2. The molecule has 0 spiro atoms. The molecule has 41 heavy (non-hydrogen) atoms. The van der Waals surface area contributed by atoms with Gasteiger partial charge in [-0.15, -0.1) is 0 Å². The number of piperidine rings is 2. The number of rotatable bonds is 12. The lowest BCUT2D eigenvalue weighted by molar-refractivity contribution is -0.282. The number of hydrogen-bond acceptors (Lipinski definition) is 8. The molecule has 0 aliphatic carbocycles. The summed E-state index contributed by atoms with van der Waals surface area (Å²) in [6, 6.07) is 0.687. The fourth-order valence-corrected chi connectivity index (χ4v) is 8.01. The van der Waals surface area contributed by atoms with E-state index in [4.69, 9.17) is 19.8 Å². The van der Waals surface area contributed by atoms with Gasteiger partial charge in [0.25, 0.3) is 0 Å². The second-order valence-electron chi connectivity index (χ2n) is 15.3. The summed E-state index contributed by atoms with van der Waals surface area (Å²) in [4.78, 5) is 29.0. The van der Waals surface area contributed by atoms with Crippen LogP contribution in [0.3, 0.4) is 0 Å². The van der Waals surface area contributed by atoms with Crippen LogP contribution in [0.25, 0.3) is 0 Å². The van der Waals surface area contributed by atoms with Crippen molar-refractivity contribution in [2.45, 2.75) is 169 Å². The molecule has 2 saturated heterocycles. The zero-order valence-electron chi connectivity index (χ0n) is 29.0. The van der Waals surface area contributed by atoms with Gasteiger partial charge in [0.1, 0.15) is 5.82 Å². The van der Waals surface area contributed by atoms with Crippen LogP contribution in [0.2, 0.25) is 0 Å². The maximum Gasteiger partial charge on any atom is 0.230 e. The average molecular weight is 574 g/mol. The van der Waals surface area contributed by atoms with Crippen molar-refractivity contribution < 1.29 is 4.84 Å². The van der Waals surface area contributed by atoms with Crippen molar-refractivity contribution in [3.8, 4) is 0 Å². The Kier molecular flexibility index (Phi) is 10.8. The molecule has 0 unspecified atom stereocenters. The lowest BCUT2D eigenvalue weighted by Crippen LogP contribution is -2.64. The average Bonchev–Trinajstić information content (AvgIpc) is 2.84. The Labute approximate surface area is 252 Å². The summed E-state index contributed by atoms with van der Waals surface area (Å²) in [7, 11) is 2.19. The minimum atomic E-state index is -0.0998. The predicted octanol–water partition coefficient (Wildman–Crippen LogP) is 7.02. The van der Waals surface area contributed by atoms with Gasteiger partial charge in [-0.1, -0.05) is 27.2 Å². The van der Waals surface area contributed by atoms with Crippen molar-refractivity contribution in [3.63, 3.8) is 0 Å². The summed E-state index contributed by atoms with van der Waals surface area (Å²) in [5.74, 6) is 2.42. The van der Waals surface area contributed by atoms with Crippen LogP contribution < -0.4 is 9.80 Å². The van der Waals surface area contributed by atoms with Gasteiger partial charge in [0.2, 0.25) is 11.9 Å². The maximum absolute atomic E-state index is 6.33. The fourth-order valence-electron chi connectivity index (χ4n) is 8.01. The van der Waals surface area contributed by atoms with E-state index in [1.54, 1.807) is 0 Å². The van der Waals surface area contributed by atoms with E-state index < -0.39 is 0 Å². The highest BCUT2D eigenvalue weighted by atomic mass is 16.7. The quantitative estimate of drug-likeness (QED) is 0.264. The second-order valence-corrected chi connectivity index (χ2v) is 15.3. The Bertz CT molecular complexity index is 956. The van der Waals surface area contributed by atoms with E-state index in [1.165, 1.54) is 6.42 Å². The van der Waals surface area contributed by atoms with E-state index in [9.17, 15) is 0 Å². The SMILES string of the molecule is CCCCN(c1nc(C)nc(N(C)C2CC(C)(C)N(CCC)C(C)(C)C2)n1)C1CC(C)(C)N(OCCC)C(C)(C)C1. The lowest BCUT2D eigenvalue weighted by atomic mass is 9.76. The zero-order valence-corrected chi connectivity index (χ0v) is 29.0. The van der Waals surface area contributed by atoms with Crippen molar-refractivity contribution in [1.82, 2.24) is 24.9 Å². The highest BCUT2D eigenvalue weighted by molar-refractivity contribution is 5.41. The van der Waals surface area contributed by atoms with E-state index in [1.807, 2.05) is 6.92 Å². The molecule has 1 aromatic rings. The van der Waals surface area contributed by atoms with E-state index in [2.05, 4.69) is 103 Å². The van der Waals surface area contributed by atoms with Gasteiger partial charge in [0, 0.05) is 47.8 Å². The molecule has 1 aromatic heterocycles. The molecule has 3 heterocycles. The number of nitrogens with zero attached hydrogens (tertiary/aromatic N) is 7. The molecular formula is C33H63N7O. The Morgan fingerprint density at radius 1 is 0.732 bits per heavy atom. The minimum absolute atomic E-state index is 0.0998. The molecule has 236 valence electrons. The topological polar surface area (TPSA) is 60.9 Å². The van der Waals surface area contributed by atoms with Crippen LogP contribution in [-0.4, -0.2) is 85.9 Å². The number of aryl methyl sites for hydroxylation is 1. The van der Waals surface area contributed by atoms with Crippen molar-refractivity contribution in [2.24, 2.45) is 0 Å². The molecule has 0 N–H and O–H groups in total. The normalized spacial score (nSPS) is 23.0. The summed E-state index contributed by atoms with van der Waals surface area (Å²) in [6.45, 7) is 30.5. The van der Waals surface area contributed by atoms with Crippen LogP contribution in [0.1, 0.15) is 133 Å². The third kappa shape index (κ3) is 7.72. The smallest absolute Gasteiger partial charge is 0.230 e. The Balaban J connectivity index is 1.94. The monoisotopic (exact) mass is 574 g/mol. The number of likely N-dealkylation sites (tertiary alicyclic amines) is 1. The number of hydrogen-bond donors (Lipinski definition) is 0. The standard InChI is InChI=1S/C33H63N7O/c1-14-17-19-38(27-23-32(9,10)40(41-20-16-3)33(11,12)24-27)29-35-25(4)34-28(36-29)37(13)26-21-30(5,6)39(18-15-2)31(7,8)22-26/h26-27H,14-24H2,1-13H3. The first kappa shape index (κ1) is 34.0. The molecular weight excluding hydrogens is 510 g/mol.